The molecule has 5 heteroatoms. The minimum absolute atomic E-state index is 0.322. The van der Waals surface area contributed by atoms with Crippen molar-refractivity contribution in [2.24, 2.45) is 0 Å². The number of hydrogen-bond donors (Lipinski definition) is 2. The van der Waals surface area contributed by atoms with Crippen LogP contribution in [0.3, 0.4) is 0 Å². The zero-order valence-corrected chi connectivity index (χ0v) is 13.0. The molecule has 0 aliphatic rings. The van der Waals surface area contributed by atoms with E-state index in [0.717, 1.165) is 5.56 Å². The van der Waals surface area contributed by atoms with E-state index in [1.807, 2.05) is 36.4 Å². The number of hydrogen-bond acceptors (Lipinski definition) is 2. The van der Waals surface area contributed by atoms with Gasteiger partial charge in [0, 0.05) is 10.7 Å². The normalized spacial score (nSPS) is 11.7. The van der Waals surface area contributed by atoms with Crippen LogP contribution in [0.5, 0.6) is 0 Å². The first kappa shape index (κ1) is 15.2. The van der Waals surface area contributed by atoms with E-state index in [2.05, 4.69) is 10.6 Å². The van der Waals surface area contributed by atoms with Crippen LogP contribution in [0.15, 0.2) is 77.4 Å². The Balaban J connectivity index is 1.76. The molecule has 23 heavy (non-hydrogen) atoms. The fourth-order valence-electron chi connectivity index (χ4n) is 2.25. The van der Waals surface area contributed by atoms with Crippen molar-refractivity contribution in [3.63, 3.8) is 0 Å². The van der Waals surface area contributed by atoms with Crippen LogP contribution in [-0.2, 0) is 0 Å². The van der Waals surface area contributed by atoms with Crippen LogP contribution in [0.25, 0.3) is 0 Å². The average molecular weight is 327 g/mol. The summed E-state index contributed by atoms with van der Waals surface area (Å²) >= 11 is 5.84. The number of benzene rings is 2. The van der Waals surface area contributed by atoms with E-state index in [0.29, 0.717) is 16.5 Å². The second kappa shape index (κ2) is 7.03. The summed E-state index contributed by atoms with van der Waals surface area (Å²) in [6.45, 7) is 0. The maximum atomic E-state index is 12.3. The number of amides is 2. The first-order chi connectivity index (χ1) is 11.2. The van der Waals surface area contributed by atoms with Crippen LogP contribution in [0, 0.1) is 0 Å². The first-order valence-corrected chi connectivity index (χ1v) is 7.51. The Labute approximate surface area is 139 Å². The molecule has 3 rings (SSSR count). The zero-order chi connectivity index (χ0) is 16.1. The Morgan fingerprint density at radius 3 is 2.35 bits per heavy atom. The van der Waals surface area contributed by atoms with Gasteiger partial charge in [0.2, 0.25) is 0 Å². The average Bonchev–Trinajstić information content (AvgIpc) is 3.10. The van der Waals surface area contributed by atoms with E-state index in [-0.39, 0.29) is 12.1 Å². The molecule has 1 aromatic heterocycles. The highest BCUT2D eigenvalue weighted by Gasteiger charge is 2.19. The van der Waals surface area contributed by atoms with E-state index in [9.17, 15) is 4.79 Å². The van der Waals surface area contributed by atoms with Gasteiger partial charge < -0.3 is 15.1 Å². The van der Waals surface area contributed by atoms with Gasteiger partial charge in [-0.25, -0.2) is 4.79 Å². The first-order valence-electron chi connectivity index (χ1n) is 7.14. The van der Waals surface area contributed by atoms with Gasteiger partial charge in [-0.3, -0.25) is 0 Å². The molecular formula is C18H15ClN2O2. The molecule has 0 aliphatic carbocycles. The number of halogens is 1. The van der Waals surface area contributed by atoms with Gasteiger partial charge in [0.15, 0.2) is 0 Å². The van der Waals surface area contributed by atoms with Gasteiger partial charge in [-0.2, -0.15) is 0 Å². The fraction of sp³-hybridized carbons (Fsp3) is 0.0556. The maximum Gasteiger partial charge on any atom is 0.320 e. The standard InChI is InChI=1S/C18H15ClN2O2/c19-14-8-10-15(11-9-14)20-18(22)21-17(16-7-4-12-23-16)13-5-2-1-3-6-13/h1-12,17H,(H2,20,21,22)/t17-/m0/s1. The number of urea groups is 1. The van der Waals surface area contributed by atoms with Crippen LogP contribution < -0.4 is 10.6 Å². The molecule has 1 heterocycles. The van der Waals surface area contributed by atoms with Gasteiger partial charge in [-0.15, -0.1) is 0 Å². The Kier molecular flexibility index (Phi) is 4.64. The lowest BCUT2D eigenvalue weighted by Crippen LogP contribution is -2.33. The summed E-state index contributed by atoms with van der Waals surface area (Å²) in [6.07, 6.45) is 1.59. The van der Waals surface area contributed by atoms with Crippen molar-refractivity contribution in [3.05, 3.63) is 89.3 Å². The Morgan fingerprint density at radius 1 is 0.957 bits per heavy atom. The molecule has 2 N–H and O–H groups in total. The van der Waals surface area contributed by atoms with Crippen LogP contribution in [0.1, 0.15) is 17.4 Å². The molecule has 0 saturated heterocycles. The second-order valence-electron chi connectivity index (χ2n) is 4.96. The van der Waals surface area contributed by atoms with E-state index >= 15 is 0 Å². The predicted octanol–water partition coefficient (Wildman–Crippen LogP) is 4.84. The zero-order valence-electron chi connectivity index (χ0n) is 12.2. The van der Waals surface area contributed by atoms with Gasteiger partial charge >= 0.3 is 6.03 Å². The molecule has 0 saturated carbocycles. The maximum absolute atomic E-state index is 12.3. The summed E-state index contributed by atoms with van der Waals surface area (Å²) < 4.78 is 5.46. The molecule has 0 unspecified atom stereocenters. The largest absolute Gasteiger partial charge is 0.467 e. The Morgan fingerprint density at radius 2 is 1.70 bits per heavy atom. The molecule has 2 aromatic carbocycles. The van der Waals surface area contributed by atoms with Gasteiger partial charge in [-0.1, -0.05) is 41.9 Å². The van der Waals surface area contributed by atoms with Crippen molar-refractivity contribution in [1.29, 1.82) is 0 Å². The quantitative estimate of drug-likeness (QED) is 0.720. The van der Waals surface area contributed by atoms with Crippen molar-refractivity contribution in [3.8, 4) is 0 Å². The second-order valence-corrected chi connectivity index (χ2v) is 5.40. The third-order valence-corrected chi connectivity index (χ3v) is 3.59. The van der Waals surface area contributed by atoms with E-state index in [4.69, 9.17) is 16.0 Å². The molecule has 116 valence electrons. The highest BCUT2D eigenvalue weighted by atomic mass is 35.5. The summed E-state index contributed by atoms with van der Waals surface area (Å²) in [5, 5.41) is 6.32. The molecule has 0 radical (unpaired) electrons. The minimum Gasteiger partial charge on any atom is -0.467 e. The highest BCUT2D eigenvalue weighted by Crippen LogP contribution is 2.22. The molecule has 2 amide bonds. The number of carbonyl (C=O) groups excluding carboxylic acids is 1. The minimum atomic E-state index is -0.362. The molecule has 0 aliphatic heterocycles. The van der Waals surface area contributed by atoms with E-state index in [1.54, 1.807) is 36.6 Å². The lowest BCUT2D eigenvalue weighted by Gasteiger charge is -2.17. The molecule has 1 atom stereocenters. The van der Waals surface area contributed by atoms with Gasteiger partial charge in [0.1, 0.15) is 11.8 Å². The number of furan rings is 1. The number of rotatable bonds is 4. The third kappa shape index (κ3) is 3.93. The molecule has 0 fully saturated rings. The van der Waals surface area contributed by atoms with E-state index in [1.165, 1.54) is 0 Å². The van der Waals surface area contributed by atoms with Gasteiger partial charge in [-0.05, 0) is 42.0 Å². The summed E-state index contributed by atoms with van der Waals surface area (Å²) in [5.41, 5.74) is 1.60. The summed E-state index contributed by atoms with van der Waals surface area (Å²) in [4.78, 5) is 12.3. The van der Waals surface area contributed by atoms with Crippen LogP contribution in [0.4, 0.5) is 10.5 Å². The summed E-state index contributed by atoms with van der Waals surface area (Å²) in [6, 6.07) is 19.5. The third-order valence-electron chi connectivity index (χ3n) is 3.34. The molecule has 0 spiro atoms. The molecular weight excluding hydrogens is 312 g/mol. The van der Waals surface area contributed by atoms with Crippen LogP contribution >= 0.6 is 11.6 Å². The monoisotopic (exact) mass is 326 g/mol. The smallest absolute Gasteiger partial charge is 0.320 e. The number of carbonyl (C=O) groups is 1. The highest BCUT2D eigenvalue weighted by molar-refractivity contribution is 6.30. The van der Waals surface area contributed by atoms with Crippen molar-refractivity contribution >= 4 is 23.3 Å². The SMILES string of the molecule is O=C(Nc1ccc(Cl)cc1)N[C@@H](c1ccccc1)c1ccco1. The van der Waals surface area contributed by atoms with Crippen molar-refractivity contribution in [2.45, 2.75) is 6.04 Å². The number of anilines is 1. The Bertz CT molecular complexity index is 755. The van der Waals surface area contributed by atoms with Crippen molar-refractivity contribution in [1.82, 2.24) is 5.32 Å². The summed E-state index contributed by atoms with van der Waals surface area (Å²) in [5.74, 6) is 0.669. The Hall–Kier alpha value is -2.72. The lowest BCUT2D eigenvalue weighted by atomic mass is 10.1. The lowest BCUT2D eigenvalue weighted by molar-refractivity contribution is 0.248. The van der Waals surface area contributed by atoms with Crippen LogP contribution in [0.2, 0.25) is 5.02 Å². The fourth-order valence-corrected chi connectivity index (χ4v) is 2.38. The van der Waals surface area contributed by atoms with Crippen molar-refractivity contribution < 1.29 is 9.21 Å². The van der Waals surface area contributed by atoms with Gasteiger partial charge in [0.05, 0.1) is 6.26 Å². The topological polar surface area (TPSA) is 54.3 Å². The predicted molar refractivity (Wildman–Crippen MR) is 90.6 cm³/mol. The van der Waals surface area contributed by atoms with E-state index < -0.39 is 0 Å². The molecule has 4 nitrogen and oxygen atoms in total. The molecule has 3 aromatic rings. The molecule has 0 bridgehead atoms. The van der Waals surface area contributed by atoms with Crippen molar-refractivity contribution in [2.75, 3.05) is 5.32 Å². The van der Waals surface area contributed by atoms with Gasteiger partial charge in [0.25, 0.3) is 0 Å². The van der Waals surface area contributed by atoms with Crippen LogP contribution in [-0.4, -0.2) is 6.03 Å². The number of nitrogens with one attached hydrogen (secondary N) is 2. The summed E-state index contributed by atoms with van der Waals surface area (Å²) in [7, 11) is 0.